The predicted octanol–water partition coefficient (Wildman–Crippen LogP) is 3.94. The van der Waals surface area contributed by atoms with Gasteiger partial charge in [0.15, 0.2) is 5.16 Å². The molecule has 1 aromatic carbocycles. The summed E-state index contributed by atoms with van der Waals surface area (Å²) < 4.78 is 30.5. The highest BCUT2D eigenvalue weighted by Crippen LogP contribution is 2.80. The second-order valence-electron chi connectivity index (χ2n) is 6.90. The quantitative estimate of drug-likeness (QED) is 0.366. The number of carbonyl (C=O) groups excluding carboxylic acids is 2. The van der Waals surface area contributed by atoms with Crippen molar-refractivity contribution in [2.24, 2.45) is 5.92 Å². The second-order valence-corrected chi connectivity index (χ2v) is 9.06. The van der Waals surface area contributed by atoms with Crippen molar-refractivity contribution in [2.45, 2.75) is 57.9 Å². The Hall–Kier alpha value is -1.49. The molecular formula is C19H27O6P. The van der Waals surface area contributed by atoms with E-state index in [2.05, 4.69) is 0 Å². The first kappa shape index (κ1) is 20.8. The van der Waals surface area contributed by atoms with Gasteiger partial charge in [0.2, 0.25) is 0 Å². The molecule has 0 heterocycles. The van der Waals surface area contributed by atoms with E-state index >= 15 is 0 Å². The molecule has 6 nitrogen and oxygen atoms in total. The molecule has 0 bridgehead atoms. The Balaban J connectivity index is 2.63. The molecule has 3 atom stereocenters. The first-order chi connectivity index (χ1) is 12.2. The molecule has 1 aliphatic carbocycles. The highest BCUT2D eigenvalue weighted by molar-refractivity contribution is 7.57. The van der Waals surface area contributed by atoms with Crippen molar-refractivity contribution >= 4 is 19.9 Å². The van der Waals surface area contributed by atoms with Crippen LogP contribution in [-0.2, 0) is 27.9 Å². The van der Waals surface area contributed by atoms with Gasteiger partial charge in [-0.2, -0.15) is 0 Å². The fraction of sp³-hybridized carbons (Fsp3) is 0.579. The van der Waals surface area contributed by atoms with Crippen molar-refractivity contribution < 1.29 is 27.9 Å². The minimum absolute atomic E-state index is 0.108. The monoisotopic (exact) mass is 382 g/mol. The lowest BCUT2D eigenvalue weighted by atomic mass is 10.1. The first-order valence-corrected chi connectivity index (χ1v) is 10.4. The summed E-state index contributed by atoms with van der Waals surface area (Å²) in [6.45, 7) is 8.63. The van der Waals surface area contributed by atoms with Gasteiger partial charge in [0, 0.05) is 5.92 Å². The molecule has 26 heavy (non-hydrogen) atoms. The number of rotatable bonds is 9. The van der Waals surface area contributed by atoms with Gasteiger partial charge in [-0.25, -0.2) is 0 Å². The molecule has 1 fully saturated rings. The zero-order valence-electron chi connectivity index (χ0n) is 15.9. The maximum absolute atomic E-state index is 13.9. The molecule has 0 radical (unpaired) electrons. The van der Waals surface area contributed by atoms with Crippen molar-refractivity contribution in [2.75, 3.05) is 6.61 Å². The Morgan fingerprint density at radius 2 is 1.69 bits per heavy atom. The smallest absolute Gasteiger partial charge is 0.349 e. The lowest BCUT2D eigenvalue weighted by Gasteiger charge is -2.29. The summed E-state index contributed by atoms with van der Waals surface area (Å²) in [5.74, 6) is -2.15. The number of hydrogen-bond donors (Lipinski definition) is 0. The molecule has 144 valence electrons. The minimum Gasteiger partial charge on any atom is -0.465 e. The van der Waals surface area contributed by atoms with Gasteiger partial charge in [-0.1, -0.05) is 30.3 Å². The fourth-order valence-corrected chi connectivity index (χ4v) is 6.38. The maximum Gasteiger partial charge on any atom is 0.349 e. The predicted molar refractivity (Wildman–Crippen MR) is 98.1 cm³/mol. The zero-order valence-corrected chi connectivity index (χ0v) is 16.8. The number of aldehydes is 1. The molecule has 0 amide bonds. The van der Waals surface area contributed by atoms with Crippen molar-refractivity contribution in [3.8, 4) is 0 Å². The van der Waals surface area contributed by atoms with E-state index in [0.717, 1.165) is 5.56 Å². The van der Waals surface area contributed by atoms with Crippen LogP contribution in [0.15, 0.2) is 30.3 Å². The van der Waals surface area contributed by atoms with Gasteiger partial charge in [-0.3, -0.25) is 9.36 Å². The van der Waals surface area contributed by atoms with E-state index in [9.17, 15) is 14.2 Å². The SMILES string of the molecule is CCOC(=O)[C@]1(P(=O)(OC(C)C)OC(C)C)[C@H](C=O)[C@H]1c1ccccc1. The van der Waals surface area contributed by atoms with Crippen LogP contribution in [0.5, 0.6) is 0 Å². The van der Waals surface area contributed by atoms with Gasteiger partial charge < -0.3 is 18.6 Å². The highest BCUT2D eigenvalue weighted by atomic mass is 31.2. The van der Waals surface area contributed by atoms with Gasteiger partial charge in [0.25, 0.3) is 0 Å². The number of benzene rings is 1. The normalized spacial score (nSPS) is 25.3. The number of ether oxygens (including phenoxy) is 1. The number of carbonyl (C=O) groups is 2. The van der Waals surface area contributed by atoms with Crippen LogP contribution in [0, 0.1) is 5.92 Å². The zero-order chi connectivity index (χ0) is 19.5. The van der Waals surface area contributed by atoms with Crippen LogP contribution in [0.3, 0.4) is 0 Å². The van der Waals surface area contributed by atoms with Crippen molar-refractivity contribution in [1.29, 1.82) is 0 Å². The maximum atomic E-state index is 13.9. The lowest BCUT2D eigenvalue weighted by molar-refractivity contribution is -0.145. The summed E-state index contributed by atoms with van der Waals surface area (Å²) in [5, 5.41) is -1.65. The van der Waals surface area contributed by atoms with E-state index in [-0.39, 0.29) is 6.61 Å². The Kier molecular flexibility index (Phi) is 6.43. The molecule has 7 heteroatoms. The van der Waals surface area contributed by atoms with Crippen molar-refractivity contribution in [3.63, 3.8) is 0 Å². The van der Waals surface area contributed by atoms with Crippen molar-refractivity contribution in [3.05, 3.63) is 35.9 Å². The third kappa shape index (κ3) is 3.51. The summed E-state index contributed by atoms with van der Waals surface area (Å²) in [6, 6.07) is 9.06. The van der Waals surface area contributed by atoms with Crippen LogP contribution < -0.4 is 0 Å². The van der Waals surface area contributed by atoms with E-state index in [1.54, 1.807) is 46.8 Å². The number of esters is 1. The Morgan fingerprint density at radius 1 is 1.15 bits per heavy atom. The molecule has 0 aromatic heterocycles. The van der Waals surface area contributed by atoms with E-state index in [1.807, 2.05) is 18.2 Å². The summed E-state index contributed by atoms with van der Waals surface area (Å²) in [6.07, 6.45) is -0.236. The topological polar surface area (TPSA) is 78.9 Å². The molecular weight excluding hydrogens is 355 g/mol. The van der Waals surface area contributed by atoms with Crippen LogP contribution in [0.2, 0.25) is 0 Å². The minimum atomic E-state index is -4.01. The average Bonchev–Trinajstić information content (AvgIpc) is 3.25. The van der Waals surface area contributed by atoms with Crippen LogP contribution in [0.25, 0.3) is 0 Å². The summed E-state index contributed by atoms with van der Waals surface area (Å²) in [5.41, 5.74) is 0.734. The Bertz CT molecular complexity index is 673. The van der Waals surface area contributed by atoms with Crippen LogP contribution in [-0.4, -0.2) is 36.2 Å². The molecule has 1 aliphatic rings. The van der Waals surface area contributed by atoms with E-state index in [1.165, 1.54) is 0 Å². The third-order valence-corrected chi connectivity index (χ3v) is 7.36. The van der Waals surface area contributed by atoms with E-state index in [4.69, 9.17) is 13.8 Å². The summed E-state index contributed by atoms with van der Waals surface area (Å²) >= 11 is 0. The first-order valence-electron chi connectivity index (χ1n) is 8.89. The molecule has 0 aliphatic heterocycles. The van der Waals surface area contributed by atoms with Gasteiger partial charge >= 0.3 is 13.6 Å². The van der Waals surface area contributed by atoms with E-state index < -0.39 is 42.8 Å². The molecule has 1 saturated carbocycles. The molecule has 0 spiro atoms. The van der Waals surface area contributed by atoms with Gasteiger partial charge in [-0.15, -0.1) is 0 Å². The third-order valence-electron chi connectivity index (χ3n) is 4.29. The standard InChI is InChI=1S/C19H27O6P/c1-6-23-18(21)19(26(22,24-13(2)3)25-14(4)5)16(12-20)17(19)15-10-8-7-9-11-15/h7-14,16-17H,6H2,1-5H3/t16-,17-,19+/m1/s1. The molecule has 2 rings (SSSR count). The Morgan fingerprint density at radius 3 is 2.12 bits per heavy atom. The molecule has 0 N–H and O–H groups in total. The molecule has 1 aromatic rings. The number of hydrogen-bond acceptors (Lipinski definition) is 6. The van der Waals surface area contributed by atoms with Crippen LogP contribution >= 0.6 is 7.60 Å². The van der Waals surface area contributed by atoms with Gasteiger partial charge in [-0.05, 0) is 40.2 Å². The lowest BCUT2D eigenvalue weighted by Crippen LogP contribution is -2.33. The average molecular weight is 382 g/mol. The van der Waals surface area contributed by atoms with Gasteiger partial charge in [0.1, 0.15) is 6.29 Å². The summed E-state index contributed by atoms with van der Waals surface area (Å²) in [7, 11) is -4.01. The Labute approximate surface area is 154 Å². The van der Waals surface area contributed by atoms with E-state index in [0.29, 0.717) is 6.29 Å². The van der Waals surface area contributed by atoms with Gasteiger partial charge in [0.05, 0.1) is 24.7 Å². The largest absolute Gasteiger partial charge is 0.465 e. The fourth-order valence-electron chi connectivity index (χ4n) is 3.43. The molecule has 0 saturated heterocycles. The van der Waals surface area contributed by atoms with Crippen LogP contribution in [0.4, 0.5) is 0 Å². The summed E-state index contributed by atoms with van der Waals surface area (Å²) in [4.78, 5) is 24.8. The highest BCUT2D eigenvalue weighted by Gasteiger charge is 2.82. The molecule has 0 unspecified atom stereocenters. The second kappa shape index (κ2) is 8.03. The van der Waals surface area contributed by atoms with Crippen LogP contribution in [0.1, 0.15) is 46.1 Å². The van der Waals surface area contributed by atoms with Crippen molar-refractivity contribution in [1.82, 2.24) is 0 Å².